The van der Waals surface area contributed by atoms with Crippen LogP contribution in [0.2, 0.25) is 0 Å². The highest BCUT2D eigenvalue weighted by Gasteiger charge is 1.96. The molecule has 0 aromatic carbocycles. The number of hydrogen-bond acceptors (Lipinski definition) is 3. The molecule has 0 atom stereocenters. The number of aromatic amines is 2. The van der Waals surface area contributed by atoms with Gasteiger partial charge < -0.3 is 0 Å². The quantitative estimate of drug-likeness (QED) is 0.671. The van der Waals surface area contributed by atoms with E-state index in [1.54, 1.807) is 10.9 Å². The molecule has 2 aromatic heterocycles. The summed E-state index contributed by atoms with van der Waals surface area (Å²) in [6, 6.07) is 1.86. The summed E-state index contributed by atoms with van der Waals surface area (Å²) in [5.74, 6) is 0.781. The fourth-order valence-corrected chi connectivity index (χ4v) is 1.09. The average Bonchev–Trinajstić information content (AvgIpc) is 2.63. The Morgan fingerprint density at radius 2 is 2.42 bits per heavy atom. The van der Waals surface area contributed by atoms with E-state index in [1.165, 1.54) is 0 Å². The summed E-state index contributed by atoms with van der Waals surface area (Å²) in [4.78, 5) is 4.03. The Hall–Kier alpha value is -1.43. The van der Waals surface area contributed by atoms with Crippen molar-refractivity contribution < 1.29 is 0 Å². The lowest BCUT2D eigenvalue weighted by molar-refractivity contribution is 0.657. The lowest BCUT2D eigenvalue weighted by atomic mass is 10.6. The third-order valence-corrected chi connectivity index (χ3v) is 1.61. The van der Waals surface area contributed by atoms with Crippen LogP contribution in [0.3, 0.4) is 0 Å². The minimum absolute atomic E-state index is 0.470. The monoisotopic (exact) mass is 181 g/mol. The van der Waals surface area contributed by atoms with Crippen molar-refractivity contribution in [1.29, 1.82) is 0 Å². The zero-order valence-electron chi connectivity index (χ0n) is 6.19. The summed E-state index contributed by atoms with van der Waals surface area (Å²) < 4.78 is 2.23. The first-order chi connectivity index (χ1) is 5.84. The van der Waals surface area contributed by atoms with Gasteiger partial charge in [-0.15, -0.1) is 0 Å². The highest BCUT2D eigenvalue weighted by atomic mass is 32.1. The minimum Gasteiger partial charge on any atom is -0.284 e. The molecule has 0 radical (unpaired) electrons. The molecule has 0 aliphatic rings. The van der Waals surface area contributed by atoms with Gasteiger partial charge in [-0.3, -0.25) is 14.9 Å². The van der Waals surface area contributed by atoms with Crippen molar-refractivity contribution in [3.63, 3.8) is 0 Å². The number of H-pyrrole nitrogens is 2. The Bertz CT molecular complexity index is 398. The maximum Gasteiger partial charge on any atom is 0.213 e. The molecule has 2 N–H and O–H groups in total. The second-order valence-corrected chi connectivity index (χ2v) is 2.70. The van der Waals surface area contributed by atoms with Crippen LogP contribution in [0.25, 0.3) is 0 Å². The van der Waals surface area contributed by atoms with Gasteiger partial charge in [-0.2, -0.15) is 5.10 Å². The molecule has 5 nitrogen and oxygen atoms in total. The van der Waals surface area contributed by atoms with E-state index in [-0.39, 0.29) is 0 Å². The van der Waals surface area contributed by atoms with Gasteiger partial charge in [0.25, 0.3) is 0 Å². The molecular formula is C6H7N5S. The van der Waals surface area contributed by atoms with Crippen molar-refractivity contribution in [1.82, 2.24) is 25.0 Å². The number of aromatic nitrogens is 5. The van der Waals surface area contributed by atoms with Gasteiger partial charge in [0.1, 0.15) is 12.4 Å². The smallest absolute Gasteiger partial charge is 0.213 e. The molecule has 2 heterocycles. The summed E-state index contributed by atoms with van der Waals surface area (Å²) in [6.45, 7) is 0.611. The van der Waals surface area contributed by atoms with Gasteiger partial charge in [0.2, 0.25) is 4.77 Å². The van der Waals surface area contributed by atoms with Gasteiger partial charge in [0, 0.05) is 12.4 Å². The van der Waals surface area contributed by atoms with Crippen LogP contribution >= 0.6 is 12.2 Å². The molecule has 6 heteroatoms. The van der Waals surface area contributed by atoms with Crippen LogP contribution in [0, 0.1) is 4.77 Å². The van der Waals surface area contributed by atoms with Gasteiger partial charge in [0.15, 0.2) is 0 Å². The topological polar surface area (TPSA) is 62.3 Å². The second-order valence-electron chi connectivity index (χ2n) is 2.32. The fourth-order valence-electron chi connectivity index (χ4n) is 0.926. The maximum atomic E-state index is 4.80. The molecule has 0 amide bonds. The summed E-state index contributed by atoms with van der Waals surface area (Å²) in [5.41, 5.74) is 0. The standard InChI is InChI=1S/C6H7N5S/c12-6-8-5(9-10-6)4-11-3-1-2-7-11/h1-3H,4H2,(H2,8,9,10,12). The van der Waals surface area contributed by atoms with Crippen LogP contribution in [0.4, 0.5) is 0 Å². The number of hydrogen-bond donors (Lipinski definition) is 2. The lowest BCUT2D eigenvalue weighted by Gasteiger charge is -1.94. The highest BCUT2D eigenvalue weighted by molar-refractivity contribution is 7.71. The zero-order chi connectivity index (χ0) is 8.39. The molecule has 2 rings (SSSR count). The third-order valence-electron chi connectivity index (χ3n) is 1.42. The maximum absolute atomic E-state index is 4.80. The van der Waals surface area contributed by atoms with Gasteiger partial charge in [-0.25, -0.2) is 4.98 Å². The van der Waals surface area contributed by atoms with Crippen molar-refractivity contribution in [2.45, 2.75) is 6.54 Å². The Morgan fingerprint density at radius 1 is 1.50 bits per heavy atom. The highest BCUT2D eigenvalue weighted by Crippen LogP contribution is 1.92. The summed E-state index contributed by atoms with van der Waals surface area (Å²) in [5, 5.41) is 9.59. The van der Waals surface area contributed by atoms with Crippen molar-refractivity contribution in [2.75, 3.05) is 0 Å². The molecule has 0 spiro atoms. The predicted molar refractivity (Wildman–Crippen MR) is 45.1 cm³/mol. The predicted octanol–water partition coefficient (Wildman–Crippen LogP) is 0.712. The molecule has 0 unspecified atom stereocenters. The average molecular weight is 181 g/mol. The van der Waals surface area contributed by atoms with E-state index in [0.717, 1.165) is 5.82 Å². The van der Waals surface area contributed by atoms with Crippen molar-refractivity contribution >= 4 is 12.2 Å². The van der Waals surface area contributed by atoms with E-state index in [2.05, 4.69) is 20.3 Å². The summed E-state index contributed by atoms with van der Waals surface area (Å²) >= 11 is 4.80. The molecule has 0 aliphatic carbocycles. The zero-order valence-corrected chi connectivity index (χ0v) is 7.01. The van der Waals surface area contributed by atoms with Gasteiger partial charge in [0.05, 0.1) is 0 Å². The summed E-state index contributed by atoms with van der Waals surface area (Å²) in [6.07, 6.45) is 3.59. The molecule has 62 valence electrons. The lowest BCUT2D eigenvalue weighted by Crippen LogP contribution is -2.01. The molecule has 2 aromatic rings. The van der Waals surface area contributed by atoms with Crippen molar-refractivity contribution in [3.8, 4) is 0 Å². The first-order valence-corrected chi connectivity index (χ1v) is 3.86. The molecular weight excluding hydrogens is 174 g/mol. The van der Waals surface area contributed by atoms with E-state index in [0.29, 0.717) is 11.3 Å². The van der Waals surface area contributed by atoms with Crippen molar-refractivity contribution in [2.24, 2.45) is 0 Å². The van der Waals surface area contributed by atoms with Gasteiger partial charge in [-0.05, 0) is 18.3 Å². The number of rotatable bonds is 2. The molecule has 0 fully saturated rings. The molecule has 0 saturated carbocycles. The van der Waals surface area contributed by atoms with E-state index >= 15 is 0 Å². The van der Waals surface area contributed by atoms with Gasteiger partial charge >= 0.3 is 0 Å². The van der Waals surface area contributed by atoms with Crippen LogP contribution in [0.5, 0.6) is 0 Å². The first-order valence-electron chi connectivity index (χ1n) is 3.45. The normalized spacial score (nSPS) is 10.3. The largest absolute Gasteiger partial charge is 0.284 e. The van der Waals surface area contributed by atoms with Crippen LogP contribution < -0.4 is 0 Å². The number of nitrogens with one attached hydrogen (secondary N) is 2. The van der Waals surface area contributed by atoms with Crippen LogP contribution in [0.15, 0.2) is 18.5 Å². The van der Waals surface area contributed by atoms with E-state index in [9.17, 15) is 0 Å². The summed E-state index contributed by atoms with van der Waals surface area (Å²) in [7, 11) is 0. The van der Waals surface area contributed by atoms with Gasteiger partial charge in [-0.1, -0.05) is 0 Å². The second kappa shape index (κ2) is 2.90. The van der Waals surface area contributed by atoms with Crippen LogP contribution in [-0.4, -0.2) is 25.0 Å². The minimum atomic E-state index is 0.470. The van der Waals surface area contributed by atoms with E-state index in [4.69, 9.17) is 12.2 Å². The third kappa shape index (κ3) is 1.42. The molecule has 0 aliphatic heterocycles. The molecule has 12 heavy (non-hydrogen) atoms. The Labute approximate surface area is 73.4 Å². The fraction of sp³-hybridized carbons (Fsp3) is 0.167. The first kappa shape index (κ1) is 7.23. The van der Waals surface area contributed by atoms with Crippen LogP contribution in [-0.2, 0) is 6.54 Å². The molecule has 0 bridgehead atoms. The van der Waals surface area contributed by atoms with Crippen molar-refractivity contribution in [3.05, 3.63) is 29.1 Å². The van der Waals surface area contributed by atoms with E-state index < -0.39 is 0 Å². The molecule has 0 saturated heterocycles. The number of nitrogens with zero attached hydrogens (tertiary/aromatic N) is 3. The Kier molecular flexibility index (Phi) is 1.75. The Balaban J connectivity index is 2.19. The van der Waals surface area contributed by atoms with E-state index in [1.807, 2.05) is 12.3 Å². The van der Waals surface area contributed by atoms with Crippen LogP contribution in [0.1, 0.15) is 5.82 Å². The SMILES string of the molecule is S=c1nc(Cn2cccn2)[nH][nH]1. The Morgan fingerprint density at radius 3 is 3.00 bits per heavy atom.